The Morgan fingerprint density at radius 1 is 1.11 bits per heavy atom. The molecule has 0 N–H and O–H groups in total. The molecule has 5 heteroatoms. The molecule has 1 aliphatic rings. The topological polar surface area (TPSA) is 30.9 Å². The minimum absolute atomic E-state index is 0.628. The van der Waals surface area contributed by atoms with Crippen LogP contribution in [-0.2, 0) is 14.2 Å². The lowest BCUT2D eigenvalue weighted by molar-refractivity contribution is 0.0178. The molecule has 0 aromatic carbocycles. The number of rotatable bonds is 9. The predicted molar refractivity (Wildman–Crippen MR) is 76.5 cm³/mol. The number of ether oxygens (including phenoxy) is 3. The van der Waals surface area contributed by atoms with E-state index in [-0.39, 0.29) is 0 Å². The average Bonchev–Trinajstić information content (AvgIpc) is 2.37. The van der Waals surface area contributed by atoms with E-state index in [1.807, 2.05) is 0 Å². The highest BCUT2D eigenvalue weighted by atomic mass is 79.9. The van der Waals surface area contributed by atoms with Crippen LogP contribution in [0.25, 0.3) is 0 Å². The van der Waals surface area contributed by atoms with Gasteiger partial charge in [-0.05, 0) is 18.9 Å². The molecule has 18 heavy (non-hydrogen) atoms. The summed E-state index contributed by atoms with van der Waals surface area (Å²) >= 11 is 3.74. The van der Waals surface area contributed by atoms with Crippen LogP contribution < -0.4 is 0 Å². The Bertz CT molecular complexity index is 207. The number of likely N-dealkylation sites (tertiary alicyclic amines) is 1. The van der Waals surface area contributed by atoms with Crippen LogP contribution in [0.3, 0.4) is 0 Å². The van der Waals surface area contributed by atoms with Gasteiger partial charge in [0.25, 0.3) is 0 Å². The van der Waals surface area contributed by atoms with Crippen LogP contribution in [0.2, 0.25) is 0 Å². The number of hydrogen-bond acceptors (Lipinski definition) is 4. The number of hydrogen-bond donors (Lipinski definition) is 0. The molecule has 1 aliphatic heterocycles. The van der Waals surface area contributed by atoms with Crippen LogP contribution in [0.15, 0.2) is 0 Å². The summed E-state index contributed by atoms with van der Waals surface area (Å²) in [5.74, 6) is 0.788. The third-order valence-corrected chi connectivity index (χ3v) is 4.50. The van der Waals surface area contributed by atoms with Crippen molar-refractivity contribution in [1.82, 2.24) is 4.90 Å². The van der Waals surface area contributed by atoms with Crippen molar-refractivity contribution in [2.45, 2.75) is 18.2 Å². The minimum Gasteiger partial charge on any atom is -0.382 e. The molecule has 0 radical (unpaired) electrons. The first-order valence-corrected chi connectivity index (χ1v) is 7.66. The van der Waals surface area contributed by atoms with Gasteiger partial charge in [0.1, 0.15) is 0 Å². The third-order valence-electron chi connectivity index (χ3n) is 3.31. The van der Waals surface area contributed by atoms with Crippen molar-refractivity contribution in [3.8, 4) is 0 Å². The van der Waals surface area contributed by atoms with Gasteiger partial charge in [-0.2, -0.15) is 0 Å². The average molecular weight is 324 g/mol. The molecular formula is C13H26BrNO3. The van der Waals surface area contributed by atoms with E-state index in [0.717, 1.165) is 25.6 Å². The minimum atomic E-state index is 0.628. The van der Waals surface area contributed by atoms with Crippen molar-refractivity contribution in [3.63, 3.8) is 0 Å². The Balaban J connectivity index is 1.89. The Morgan fingerprint density at radius 3 is 2.44 bits per heavy atom. The first-order chi connectivity index (χ1) is 8.74. The summed E-state index contributed by atoms with van der Waals surface area (Å²) in [6.45, 7) is 9.08. The summed E-state index contributed by atoms with van der Waals surface area (Å²) in [6.07, 6.45) is 1.27. The monoisotopic (exact) mass is 323 g/mol. The fourth-order valence-corrected chi connectivity index (χ4v) is 2.62. The van der Waals surface area contributed by atoms with E-state index < -0.39 is 0 Å². The van der Waals surface area contributed by atoms with Gasteiger partial charge in [0.2, 0.25) is 0 Å². The van der Waals surface area contributed by atoms with Gasteiger partial charge < -0.3 is 14.2 Å². The first kappa shape index (κ1) is 16.4. The maximum Gasteiger partial charge on any atom is 0.0701 e. The van der Waals surface area contributed by atoms with E-state index >= 15 is 0 Å². The zero-order valence-corrected chi connectivity index (χ0v) is 13.2. The van der Waals surface area contributed by atoms with E-state index in [2.05, 4.69) is 27.8 Å². The van der Waals surface area contributed by atoms with E-state index in [0.29, 0.717) is 31.3 Å². The summed E-state index contributed by atoms with van der Waals surface area (Å²) in [5.41, 5.74) is 0. The van der Waals surface area contributed by atoms with Crippen LogP contribution in [0.1, 0.15) is 13.3 Å². The zero-order chi connectivity index (χ0) is 13.2. The quantitative estimate of drug-likeness (QED) is 0.478. The maximum absolute atomic E-state index is 5.56. The molecule has 1 saturated heterocycles. The number of alkyl halides is 1. The molecule has 0 aliphatic carbocycles. The number of piperidine rings is 1. The van der Waals surface area contributed by atoms with Gasteiger partial charge in [-0.25, -0.2) is 0 Å². The molecule has 1 rings (SSSR count). The van der Waals surface area contributed by atoms with Gasteiger partial charge >= 0.3 is 0 Å². The number of nitrogens with zero attached hydrogens (tertiary/aromatic N) is 1. The zero-order valence-electron chi connectivity index (χ0n) is 11.6. The third kappa shape index (κ3) is 7.04. The van der Waals surface area contributed by atoms with Crippen molar-refractivity contribution in [2.24, 2.45) is 5.92 Å². The van der Waals surface area contributed by atoms with Crippen molar-refractivity contribution in [2.75, 3.05) is 59.8 Å². The van der Waals surface area contributed by atoms with Crippen LogP contribution in [-0.4, -0.2) is 69.5 Å². The molecular weight excluding hydrogens is 298 g/mol. The summed E-state index contributed by atoms with van der Waals surface area (Å²) in [5, 5.41) is 0. The first-order valence-electron chi connectivity index (χ1n) is 6.75. The molecule has 0 amide bonds. The molecule has 4 nitrogen and oxygen atoms in total. The standard InChI is InChI=1S/C13H26BrNO3/c1-12-3-4-15(11-13(12)14)5-6-17-9-10-18-8-7-16-2/h12-13H,3-11H2,1-2H3. The van der Waals surface area contributed by atoms with Crippen molar-refractivity contribution >= 4 is 15.9 Å². The van der Waals surface area contributed by atoms with Crippen molar-refractivity contribution in [3.05, 3.63) is 0 Å². The Hall–Kier alpha value is 0.320. The molecule has 1 heterocycles. The van der Waals surface area contributed by atoms with E-state index in [4.69, 9.17) is 14.2 Å². The maximum atomic E-state index is 5.56. The highest BCUT2D eigenvalue weighted by Gasteiger charge is 2.23. The largest absolute Gasteiger partial charge is 0.382 e. The molecule has 2 unspecified atom stereocenters. The Labute approximate surface area is 119 Å². The number of halogens is 1. The molecule has 108 valence electrons. The lowest BCUT2D eigenvalue weighted by atomic mass is 9.99. The predicted octanol–water partition coefficient (Wildman–Crippen LogP) is 1.77. The van der Waals surface area contributed by atoms with E-state index in [1.165, 1.54) is 13.0 Å². The molecule has 0 spiro atoms. The van der Waals surface area contributed by atoms with E-state index in [9.17, 15) is 0 Å². The molecule has 2 atom stereocenters. The smallest absolute Gasteiger partial charge is 0.0701 e. The Kier molecular flexibility index (Phi) is 9.23. The van der Waals surface area contributed by atoms with Crippen molar-refractivity contribution < 1.29 is 14.2 Å². The Morgan fingerprint density at radius 2 is 1.78 bits per heavy atom. The second-order valence-electron chi connectivity index (χ2n) is 4.80. The number of methoxy groups -OCH3 is 1. The van der Waals surface area contributed by atoms with Crippen molar-refractivity contribution in [1.29, 1.82) is 0 Å². The summed E-state index contributed by atoms with van der Waals surface area (Å²) in [6, 6.07) is 0. The highest BCUT2D eigenvalue weighted by Crippen LogP contribution is 2.22. The van der Waals surface area contributed by atoms with E-state index in [1.54, 1.807) is 7.11 Å². The second kappa shape index (κ2) is 10.1. The van der Waals surface area contributed by atoms with Gasteiger partial charge in [-0.15, -0.1) is 0 Å². The highest BCUT2D eigenvalue weighted by molar-refractivity contribution is 9.09. The van der Waals surface area contributed by atoms with Gasteiger partial charge in [0, 0.05) is 25.0 Å². The second-order valence-corrected chi connectivity index (χ2v) is 5.98. The van der Waals surface area contributed by atoms with Gasteiger partial charge in [-0.3, -0.25) is 4.90 Å². The van der Waals surface area contributed by atoms with Gasteiger partial charge in [-0.1, -0.05) is 22.9 Å². The lowest BCUT2D eigenvalue weighted by Crippen LogP contribution is -2.41. The summed E-state index contributed by atoms with van der Waals surface area (Å²) in [7, 11) is 1.68. The van der Waals surface area contributed by atoms with Gasteiger partial charge in [0.05, 0.1) is 33.0 Å². The summed E-state index contributed by atoms with van der Waals surface area (Å²) < 4.78 is 15.8. The van der Waals surface area contributed by atoms with Crippen LogP contribution in [0.4, 0.5) is 0 Å². The lowest BCUT2D eigenvalue weighted by Gasteiger charge is -2.34. The van der Waals surface area contributed by atoms with Crippen LogP contribution in [0.5, 0.6) is 0 Å². The summed E-state index contributed by atoms with van der Waals surface area (Å²) in [4.78, 5) is 3.09. The molecule has 1 fully saturated rings. The molecule has 0 bridgehead atoms. The SMILES string of the molecule is COCCOCCOCCN1CCC(C)C(Br)C1. The van der Waals surface area contributed by atoms with Gasteiger partial charge in [0.15, 0.2) is 0 Å². The molecule has 0 aromatic heterocycles. The fraction of sp³-hybridized carbons (Fsp3) is 1.00. The normalized spacial score (nSPS) is 25.5. The van der Waals surface area contributed by atoms with Crippen LogP contribution in [0, 0.1) is 5.92 Å². The molecule has 0 saturated carbocycles. The molecule has 0 aromatic rings. The fourth-order valence-electron chi connectivity index (χ4n) is 1.95. The van der Waals surface area contributed by atoms with Crippen LogP contribution >= 0.6 is 15.9 Å².